The van der Waals surface area contributed by atoms with Crippen molar-refractivity contribution >= 4 is 31.6 Å². The fourth-order valence-electron chi connectivity index (χ4n) is 1.50. The average Bonchev–Trinajstić information content (AvgIpc) is 2.16. The summed E-state index contributed by atoms with van der Waals surface area (Å²) < 4.78 is 27.1. The van der Waals surface area contributed by atoms with Crippen LogP contribution < -0.4 is 10.5 Å². The number of benzene rings is 1. The first-order chi connectivity index (χ1) is 8.09. The molecule has 3 N–H and O–H groups in total. The monoisotopic (exact) mass is 334 g/mol. The minimum Gasteiger partial charge on any atom is -0.398 e. The Morgan fingerprint density at radius 1 is 1.33 bits per heavy atom. The Morgan fingerprint density at radius 2 is 1.94 bits per heavy atom. The van der Waals surface area contributed by atoms with E-state index in [0.717, 1.165) is 10.0 Å². The molecule has 0 unspecified atom stereocenters. The van der Waals surface area contributed by atoms with E-state index in [4.69, 9.17) is 5.73 Å². The van der Waals surface area contributed by atoms with E-state index < -0.39 is 15.6 Å². The van der Waals surface area contributed by atoms with Gasteiger partial charge in [-0.25, -0.2) is 13.1 Å². The fraction of sp³-hybridized carbons (Fsp3) is 0.500. The summed E-state index contributed by atoms with van der Waals surface area (Å²) in [6.07, 6.45) is 0.463. The number of sulfonamides is 1. The van der Waals surface area contributed by atoms with Crippen LogP contribution >= 0.6 is 15.9 Å². The van der Waals surface area contributed by atoms with Crippen LogP contribution in [-0.4, -0.2) is 19.7 Å². The van der Waals surface area contributed by atoms with Crippen LogP contribution in [0.5, 0.6) is 0 Å². The molecule has 0 saturated carbocycles. The molecule has 0 saturated heterocycles. The van der Waals surface area contributed by atoms with Crippen LogP contribution in [0.15, 0.2) is 22.7 Å². The zero-order valence-corrected chi connectivity index (χ0v) is 13.2. The molecular weight excluding hydrogens is 316 g/mol. The van der Waals surface area contributed by atoms with Crippen molar-refractivity contribution in [3.8, 4) is 0 Å². The van der Waals surface area contributed by atoms with Crippen LogP contribution in [0.2, 0.25) is 0 Å². The molecule has 1 aromatic rings. The zero-order chi connectivity index (χ0) is 14.0. The lowest BCUT2D eigenvalue weighted by molar-refractivity contribution is 0.491. The highest BCUT2D eigenvalue weighted by Gasteiger charge is 2.19. The van der Waals surface area contributed by atoms with Crippen molar-refractivity contribution in [2.45, 2.75) is 32.7 Å². The van der Waals surface area contributed by atoms with Gasteiger partial charge in [-0.15, -0.1) is 0 Å². The molecule has 1 aromatic carbocycles. The molecule has 0 fully saturated rings. The van der Waals surface area contributed by atoms with Crippen LogP contribution in [0, 0.1) is 0 Å². The Morgan fingerprint density at radius 3 is 2.44 bits per heavy atom. The number of hydrogen-bond acceptors (Lipinski definition) is 3. The molecule has 0 radical (unpaired) electrons. The topological polar surface area (TPSA) is 72.2 Å². The predicted octanol–water partition coefficient (Wildman–Crippen LogP) is 2.29. The van der Waals surface area contributed by atoms with Gasteiger partial charge in [0.15, 0.2) is 0 Å². The number of nitrogen functional groups attached to an aromatic ring is 1. The van der Waals surface area contributed by atoms with Gasteiger partial charge >= 0.3 is 0 Å². The Kier molecular flexibility index (Phi) is 4.80. The van der Waals surface area contributed by atoms with E-state index in [-0.39, 0.29) is 5.75 Å². The highest BCUT2D eigenvalue weighted by Crippen LogP contribution is 2.20. The lowest BCUT2D eigenvalue weighted by Crippen LogP contribution is -2.42. The maximum Gasteiger partial charge on any atom is 0.212 e. The molecule has 0 aliphatic carbocycles. The molecule has 1 rings (SSSR count). The Labute approximate surface area is 117 Å². The molecule has 0 spiro atoms. The second-order valence-corrected chi connectivity index (χ2v) is 7.97. The summed E-state index contributed by atoms with van der Waals surface area (Å²) in [5.74, 6) is 0.0701. The largest absolute Gasteiger partial charge is 0.398 e. The molecule has 0 heterocycles. The van der Waals surface area contributed by atoms with E-state index in [1.54, 1.807) is 6.07 Å². The smallest absolute Gasteiger partial charge is 0.212 e. The summed E-state index contributed by atoms with van der Waals surface area (Å²) in [5.41, 5.74) is 6.82. The molecule has 0 aliphatic heterocycles. The third kappa shape index (κ3) is 5.37. The molecule has 0 aromatic heterocycles. The SMILES string of the molecule is CC(C)(C)NS(=O)(=O)CCc1ccc(N)c(Br)c1. The Balaban J connectivity index is 2.67. The highest BCUT2D eigenvalue weighted by molar-refractivity contribution is 9.10. The van der Waals surface area contributed by atoms with Crippen molar-refractivity contribution in [1.29, 1.82) is 0 Å². The van der Waals surface area contributed by atoms with E-state index in [1.807, 2.05) is 32.9 Å². The van der Waals surface area contributed by atoms with Gasteiger partial charge in [0.2, 0.25) is 10.0 Å². The van der Waals surface area contributed by atoms with Crippen LogP contribution in [0.3, 0.4) is 0 Å². The molecule has 4 nitrogen and oxygen atoms in total. The van der Waals surface area contributed by atoms with Gasteiger partial charge in [-0.05, 0) is 60.8 Å². The first-order valence-electron chi connectivity index (χ1n) is 5.65. The van der Waals surface area contributed by atoms with Crippen LogP contribution in [0.25, 0.3) is 0 Å². The molecule has 0 atom stereocenters. The number of anilines is 1. The molecular formula is C12H19BrN2O2S. The third-order valence-electron chi connectivity index (χ3n) is 2.19. The number of hydrogen-bond donors (Lipinski definition) is 2. The van der Waals surface area contributed by atoms with Crippen LogP contribution in [0.4, 0.5) is 5.69 Å². The minimum absolute atomic E-state index is 0.0701. The summed E-state index contributed by atoms with van der Waals surface area (Å²) in [4.78, 5) is 0. The van der Waals surface area contributed by atoms with Crippen molar-refractivity contribution in [2.24, 2.45) is 0 Å². The maximum atomic E-state index is 11.8. The summed E-state index contributed by atoms with van der Waals surface area (Å²) in [5, 5.41) is 0. The average molecular weight is 335 g/mol. The summed E-state index contributed by atoms with van der Waals surface area (Å²) in [6.45, 7) is 5.47. The number of aryl methyl sites for hydroxylation is 1. The van der Waals surface area contributed by atoms with E-state index in [9.17, 15) is 8.42 Å². The van der Waals surface area contributed by atoms with E-state index in [2.05, 4.69) is 20.7 Å². The molecule has 18 heavy (non-hydrogen) atoms. The fourth-order valence-corrected chi connectivity index (χ4v) is 3.46. The Bertz CT molecular complexity index is 521. The van der Waals surface area contributed by atoms with Gasteiger partial charge in [-0.3, -0.25) is 0 Å². The van der Waals surface area contributed by atoms with Gasteiger partial charge < -0.3 is 5.73 Å². The second kappa shape index (κ2) is 5.59. The van der Waals surface area contributed by atoms with Gasteiger partial charge in [0.25, 0.3) is 0 Å². The van der Waals surface area contributed by atoms with Crippen molar-refractivity contribution in [3.05, 3.63) is 28.2 Å². The first-order valence-corrected chi connectivity index (χ1v) is 8.09. The third-order valence-corrected chi connectivity index (χ3v) is 4.54. The van der Waals surface area contributed by atoms with Crippen LogP contribution in [-0.2, 0) is 16.4 Å². The lowest BCUT2D eigenvalue weighted by Gasteiger charge is -2.20. The first kappa shape index (κ1) is 15.5. The van der Waals surface area contributed by atoms with Crippen molar-refractivity contribution in [2.75, 3.05) is 11.5 Å². The normalized spacial score (nSPS) is 12.7. The van der Waals surface area contributed by atoms with E-state index in [0.29, 0.717) is 12.1 Å². The van der Waals surface area contributed by atoms with E-state index >= 15 is 0 Å². The molecule has 6 heteroatoms. The van der Waals surface area contributed by atoms with Gasteiger partial charge in [0.1, 0.15) is 0 Å². The van der Waals surface area contributed by atoms with Gasteiger partial charge in [-0.2, -0.15) is 0 Å². The second-order valence-electron chi connectivity index (χ2n) is 5.28. The van der Waals surface area contributed by atoms with Gasteiger partial charge in [-0.1, -0.05) is 6.07 Å². The summed E-state index contributed by atoms with van der Waals surface area (Å²) >= 11 is 3.33. The number of nitrogens with one attached hydrogen (secondary N) is 1. The molecule has 0 aliphatic rings. The number of halogens is 1. The molecule has 0 bridgehead atoms. The maximum absolute atomic E-state index is 11.8. The predicted molar refractivity (Wildman–Crippen MR) is 78.9 cm³/mol. The van der Waals surface area contributed by atoms with Crippen LogP contribution in [0.1, 0.15) is 26.3 Å². The Hall–Kier alpha value is -0.590. The number of rotatable bonds is 4. The number of nitrogens with two attached hydrogens (primary N) is 1. The summed E-state index contributed by atoms with van der Waals surface area (Å²) in [7, 11) is -3.26. The quantitative estimate of drug-likeness (QED) is 0.830. The van der Waals surface area contributed by atoms with Crippen molar-refractivity contribution in [3.63, 3.8) is 0 Å². The molecule has 102 valence electrons. The lowest BCUT2D eigenvalue weighted by atomic mass is 10.1. The van der Waals surface area contributed by atoms with Crippen molar-refractivity contribution < 1.29 is 8.42 Å². The molecule has 0 amide bonds. The van der Waals surface area contributed by atoms with E-state index in [1.165, 1.54) is 0 Å². The standard InChI is InChI=1S/C12H19BrN2O2S/c1-12(2,3)15-18(16,17)7-6-9-4-5-11(14)10(13)8-9/h4-5,8,15H,6-7,14H2,1-3H3. The summed E-state index contributed by atoms with van der Waals surface area (Å²) in [6, 6.07) is 5.46. The van der Waals surface area contributed by atoms with Crippen molar-refractivity contribution in [1.82, 2.24) is 4.72 Å². The zero-order valence-electron chi connectivity index (χ0n) is 10.8. The minimum atomic E-state index is -3.26. The highest BCUT2D eigenvalue weighted by atomic mass is 79.9. The van der Waals surface area contributed by atoms with Gasteiger partial charge in [0, 0.05) is 15.7 Å². The van der Waals surface area contributed by atoms with Gasteiger partial charge in [0.05, 0.1) is 5.75 Å².